The molecular weight excluding hydrogens is 302 g/mol. The van der Waals surface area contributed by atoms with Gasteiger partial charge >= 0.3 is 0 Å². The van der Waals surface area contributed by atoms with Gasteiger partial charge in [0.25, 0.3) is 5.91 Å². The fourth-order valence-corrected chi connectivity index (χ4v) is 3.56. The second-order valence-electron chi connectivity index (χ2n) is 6.30. The predicted octanol–water partition coefficient (Wildman–Crippen LogP) is 3.67. The van der Waals surface area contributed by atoms with Crippen molar-refractivity contribution in [3.63, 3.8) is 0 Å². The summed E-state index contributed by atoms with van der Waals surface area (Å²) in [6.07, 6.45) is 6.85. The van der Waals surface area contributed by atoms with E-state index in [-0.39, 0.29) is 5.91 Å². The largest absolute Gasteiger partial charge is 0.451 e. The maximum absolute atomic E-state index is 12.8. The Kier molecular flexibility index (Phi) is 3.84. The smallest absolute Gasteiger partial charge is 0.289 e. The van der Waals surface area contributed by atoms with Crippen LogP contribution in [-0.2, 0) is 6.42 Å². The number of hydrogen-bond acceptors (Lipinski definition) is 3. The number of aryl methyl sites for hydroxylation is 1. The molecule has 1 atom stereocenters. The molecule has 5 nitrogen and oxygen atoms in total. The Labute approximate surface area is 140 Å². The first-order chi connectivity index (χ1) is 11.8. The number of benzene rings is 1. The highest BCUT2D eigenvalue weighted by molar-refractivity contribution is 5.96. The maximum Gasteiger partial charge on any atom is 0.289 e. The molecule has 0 bridgehead atoms. The standard InChI is InChI=1S/C19H21N3O2/c1-2-18-20-9-11-22(18)15-7-5-10-21(13-15)19(23)17-12-14-6-3-4-8-16(14)24-17/h3-4,6,8-9,11-12,15H,2,5,7,10,13H2,1H3/t15-/m0/s1. The number of fused-ring (bicyclic) bond motifs is 1. The molecule has 124 valence electrons. The van der Waals surface area contributed by atoms with Crippen LogP contribution in [0.25, 0.3) is 11.0 Å². The van der Waals surface area contributed by atoms with Gasteiger partial charge in [0.2, 0.25) is 0 Å². The minimum Gasteiger partial charge on any atom is -0.451 e. The summed E-state index contributed by atoms with van der Waals surface area (Å²) in [6.45, 7) is 3.60. The van der Waals surface area contributed by atoms with Gasteiger partial charge in [-0.2, -0.15) is 0 Å². The number of carbonyl (C=O) groups is 1. The van der Waals surface area contributed by atoms with Crippen LogP contribution in [0.3, 0.4) is 0 Å². The molecule has 4 rings (SSSR count). The third-order valence-corrected chi connectivity index (χ3v) is 4.78. The first-order valence-electron chi connectivity index (χ1n) is 8.56. The van der Waals surface area contributed by atoms with Crippen molar-refractivity contribution in [1.29, 1.82) is 0 Å². The minimum atomic E-state index is -0.0194. The number of likely N-dealkylation sites (tertiary alicyclic amines) is 1. The topological polar surface area (TPSA) is 51.3 Å². The molecule has 3 heterocycles. The van der Waals surface area contributed by atoms with Crippen LogP contribution in [0.4, 0.5) is 0 Å². The number of nitrogens with zero attached hydrogens (tertiary/aromatic N) is 3. The molecule has 24 heavy (non-hydrogen) atoms. The van der Waals surface area contributed by atoms with Crippen LogP contribution in [0.2, 0.25) is 0 Å². The van der Waals surface area contributed by atoms with Crippen LogP contribution in [0.1, 0.15) is 42.2 Å². The van der Waals surface area contributed by atoms with Crippen LogP contribution in [0.5, 0.6) is 0 Å². The fraction of sp³-hybridized carbons (Fsp3) is 0.368. The number of furan rings is 1. The number of carbonyl (C=O) groups excluding carboxylic acids is 1. The van der Waals surface area contributed by atoms with Gasteiger partial charge in [-0.1, -0.05) is 25.1 Å². The van der Waals surface area contributed by atoms with E-state index < -0.39 is 0 Å². The lowest BCUT2D eigenvalue weighted by molar-refractivity contribution is 0.0648. The van der Waals surface area contributed by atoms with Crippen molar-refractivity contribution in [2.75, 3.05) is 13.1 Å². The Morgan fingerprint density at radius 2 is 2.25 bits per heavy atom. The first-order valence-corrected chi connectivity index (χ1v) is 8.56. The zero-order valence-corrected chi connectivity index (χ0v) is 13.8. The second-order valence-corrected chi connectivity index (χ2v) is 6.30. The van der Waals surface area contributed by atoms with Gasteiger partial charge < -0.3 is 13.9 Å². The normalized spacial score (nSPS) is 18.2. The molecule has 3 aromatic rings. The Bertz CT molecular complexity index is 831. The van der Waals surface area contributed by atoms with Crippen molar-refractivity contribution < 1.29 is 9.21 Å². The van der Waals surface area contributed by atoms with E-state index in [1.807, 2.05) is 47.6 Å². The van der Waals surface area contributed by atoms with Gasteiger partial charge in [-0.25, -0.2) is 4.98 Å². The van der Waals surface area contributed by atoms with Crippen LogP contribution in [-0.4, -0.2) is 33.4 Å². The van der Waals surface area contributed by atoms with Crippen molar-refractivity contribution in [2.24, 2.45) is 0 Å². The molecule has 0 N–H and O–H groups in total. The summed E-state index contributed by atoms with van der Waals surface area (Å²) in [7, 11) is 0. The van der Waals surface area contributed by atoms with Crippen molar-refractivity contribution >= 4 is 16.9 Å². The quantitative estimate of drug-likeness (QED) is 0.739. The molecule has 1 aromatic carbocycles. The van der Waals surface area contributed by atoms with E-state index in [4.69, 9.17) is 4.42 Å². The van der Waals surface area contributed by atoms with Crippen molar-refractivity contribution in [1.82, 2.24) is 14.5 Å². The third-order valence-electron chi connectivity index (χ3n) is 4.78. The van der Waals surface area contributed by atoms with Gasteiger partial charge in [-0.15, -0.1) is 0 Å². The SMILES string of the molecule is CCc1nccn1[C@H]1CCCN(C(=O)c2cc3ccccc3o2)C1. The van der Waals surface area contributed by atoms with Crippen LogP contribution in [0, 0.1) is 0 Å². The average molecular weight is 323 g/mol. The lowest BCUT2D eigenvalue weighted by Crippen LogP contribution is -2.40. The lowest BCUT2D eigenvalue weighted by Gasteiger charge is -2.33. The van der Waals surface area contributed by atoms with E-state index in [0.29, 0.717) is 18.3 Å². The Morgan fingerprint density at radius 3 is 3.08 bits per heavy atom. The summed E-state index contributed by atoms with van der Waals surface area (Å²) in [6, 6.07) is 9.87. The Balaban J connectivity index is 1.56. The molecule has 1 aliphatic rings. The molecule has 1 fully saturated rings. The molecule has 0 saturated carbocycles. The molecule has 0 unspecified atom stereocenters. The van der Waals surface area contributed by atoms with Gasteiger partial charge in [-0.3, -0.25) is 4.79 Å². The fourth-order valence-electron chi connectivity index (χ4n) is 3.56. The van der Waals surface area contributed by atoms with Gasteiger partial charge in [0.05, 0.1) is 6.04 Å². The van der Waals surface area contributed by atoms with E-state index in [9.17, 15) is 4.79 Å². The number of aromatic nitrogens is 2. The van der Waals surface area contributed by atoms with E-state index in [0.717, 1.165) is 42.6 Å². The van der Waals surface area contributed by atoms with Crippen LogP contribution in [0.15, 0.2) is 47.1 Å². The van der Waals surface area contributed by atoms with Gasteiger partial charge in [0.1, 0.15) is 11.4 Å². The summed E-state index contributed by atoms with van der Waals surface area (Å²) < 4.78 is 7.96. The van der Waals surface area contributed by atoms with E-state index >= 15 is 0 Å². The molecule has 1 aliphatic heterocycles. The molecule has 1 amide bonds. The first kappa shape index (κ1) is 15.0. The third kappa shape index (κ3) is 2.60. The predicted molar refractivity (Wildman–Crippen MR) is 92.0 cm³/mol. The summed E-state index contributed by atoms with van der Waals surface area (Å²) in [5.41, 5.74) is 0.761. The van der Waals surface area contributed by atoms with E-state index in [2.05, 4.69) is 16.5 Å². The number of amides is 1. The number of para-hydroxylation sites is 1. The zero-order chi connectivity index (χ0) is 16.5. The highest BCUT2D eigenvalue weighted by Gasteiger charge is 2.28. The van der Waals surface area contributed by atoms with Gasteiger partial charge in [0.15, 0.2) is 5.76 Å². The highest BCUT2D eigenvalue weighted by atomic mass is 16.3. The maximum atomic E-state index is 12.8. The molecule has 0 aliphatic carbocycles. The number of rotatable bonds is 3. The average Bonchev–Trinajstić information content (AvgIpc) is 3.27. The van der Waals surface area contributed by atoms with E-state index in [1.54, 1.807) is 0 Å². The molecular formula is C19H21N3O2. The number of piperidine rings is 1. The Morgan fingerprint density at radius 1 is 1.38 bits per heavy atom. The zero-order valence-electron chi connectivity index (χ0n) is 13.8. The Hall–Kier alpha value is -2.56. The highest BCUT2D eigenvalue weighted by Crippen LogP contribution is 2.26. The molecule has 0 spiro atoms. The number of hydrogen-bond donors (Lipinski definition) is 0. The molecule has 5 heteroatoms. The van der Waals surface area contributed by atoms with Crippen LogP contribution < -0.4 is 0 Å². The second kappa shape index (κ2) is 6.15. The summed E-state index contributed by atoms with van der Waals surface area (Å²) in [5, 5.41) is 0.970. The monoisotopic (exact) mass is 323 g/mol. The van der Waals surface area contributed by atoms with Crippen LogP contribution >= 0.6 is 0 Å². The minimum absolute atomic E-state index is 0.0194. The molecule has 2 aromatic heterocycles. The van der Waals surface area contributed by atoms with Crippen molar-refractivity contribution in [2.45, 2.75) is 32.2 Å². The molecule has 1 saturated heterocycles. The van der Waals surface area contributed by atoms with Gasteiger partial charge in [0, 0.05) is 37.3 Å². The lowest BCUT2D eigenvalue weighted by atomic mass is 10.0. The summed E-state index contributed by atoms with van der Waals surface area (Å²) in [5.74, 6) is 1.49. The van der Waals surface area contributed by atoms with Gasteiger partial charge in [-0.05, 0) is 25.0 Å². The molecule has 0 radical (unpaired) electrons. The van der Waals surface area contributed by atoms with E-state index in [1.165, 1.54) is 0 Å². The van der Waals surface area contributed by atoms with Crippen molar-refractivity contribution in [3.05, 3.63) is 54.3 Å². The summed E-state index contributed by atoms with van der Waals surface area (Å²) in [4.78, 5) is 19.2. The van der Waals surface area contributed by atoms with Crippen molar-refractivity contribution in [3.8, 4) is 0 Å². The summed E-state index contributed by atoms with van der Waals surface area (Å²) >= 11 is 0. The number of imidazole rings is 1.